The molecule has 4 nitrogen and oxygen atoms in total. The van der Waals surface area contributed by atoms with Crippen molar-refractivity contribution in [3.8, 4) is 11.1 Å². The molecule has 0 N–H and O–H groups in total. The molecule has 7 aromatic carbocycles. The lowest BCUT2D eigenvalue weighted by molar-refractivity contribution is 1.06. The number of thiophene rings is 1. The van der Waals surface area contributed by atoms with Crippen molar-refractivity contribution in [2.75, 3.05) is 4.90 Å². The number of benzene rings is 7. The Morgan fingerprint density at radius 1 is 0.638 bits per heavy atom. The highest BCUT2D eigenvalue weighted by Crippen LogP contribution is 2.45. The number of fused-ring (bicyclic) bond motifs is 4. The molecular weight excluding hydrogens is 725 g/mol. The summed E-state index contributed by atoms with van der Waals surface area (Å²) in [5.41, 5.74) is 11.7. The Morgan fingerprint density at radius 3 is 2.09 bits per heavy atom. The fraction of sp³-hybridized carbons (Fsp3) is 0.0377. The number of aliphatic imine (C=N–C) groups is 3. The fourth-order valence-corrected chi connectivity index (χ4v) is 8.77. The lowest BCUT2D eigenvalue weighted by Crippen LogP contribution is -2.16. The van der Waals surface area contributed by atoms with Gasteiger partial charge in [0.15, 0.2) is 11.7 Å². The Labute approximate surface area is 343 Å². The predicted octanol–water partition coefficient (Wildman–Crippen LogP) is 13.7. The van der Waals surface area contributed by atoms with Crippen molar-refractivity contribution in [2.45, 2.75) is 13.0 Å². The molecule has 0 saturated carbocycles. The van der Waals surface area contributed by atoms with Crippen LogP contribution in [-0.4, -0.2) is 18.4 Å². The number of allylic oxidation sites excluding steroid dienone is 4. The van der Waals surface area contributed by atoms with Gasteiger partial charge in [-0.1, -0.05) is 170 Å². The Hall–Kier alpha value is -7.21. The monoisotopic (exact) mass is 764 g/mol. The number of rotatable bonds is 7. The van der Waals surface area contributed by atoms with Crippen LogP contribution in [0.1, 0.15) is 27.8 Å². The van der Waals surface area contributed by atoms with E-state index >= 15 is 0 Å². The molecular formula is C53H40N4S. The Balaban J connectivity index is 1.19. The van der Waals surface area contributed by atoms with Crippen LogP contribution in [0.2, 0.25) is 0 Å². The van der Waals surface area contributed by atoms with E-state index in [0.29, 0.717) is 18.2 Å². The molecule has 1 aromatic heterocycles. The third-order valence-electron chi connectivity index (χ3n) is 10.4. The average Bonchev–Trinajstić information content (AvgIpc) is 3.68. The zero-order valence-electron chi connectivity index (χ0n) is 32.0. The standard InChI is InChI=1S/C53H40N4S/c1-37-33-44(39-19-8-4-9-20-39)25-16-24-41-21-12-14-27-49(41)57(37)45-34-47(51-48(35-45)46-26-13-15-28-50(46)58-51)40-29-31-43(32-30-40)53(55-36-38-17-6-3-7-18-38)56-52(54-2)42-22-10-5-11-23-42/h3-23,25-35H,1-2,24,36H2/b25-16-,44-33+,55-53?,56-52?. The maximum atomic E-state index is 5.03. The van der Waals surface area contributed by atoms with Crippen molar-refractivity contribution in [3.63, 3.8) is 0 Å². The first-order valence-corrected chi connectivity index (χ1v) is 20.2. The minimum absolute atomic E-state index is 0.488. The largest absolute Gasteiger partial charge is 0.311 e. The van der Waals surface area contributed by atoms with Crippen LogP contribution in [-0.2, 0) is 13.0 Å². The Morgan fingerprint density at radius 2 is 1.31 bits per heavy atom. The lowest BCUT2D eigenvalue weighted by atomic mass is 9.99. The number of amidine groups is 2. The summed E-state index contributed by atoms with van der Waals surface area (Å²) < 4.78 is 2.49. The first-order chi connectivity index (χ1) is 28.6. The molecule has 2 heterocycles. The van der Waals surface area contributed by atoms with Crippen LogP contribution in [0.15, 0.2) is 221 Å². The second-order valence-corrected chi connectivity index (χ2v) is 15.2. The molecule has 0 spiro atoms. The summed E-state index contributed by atoms with van der Waals surface area (Å²) in [7, 11) is 0. The van der Waals surface area contributed by atoms with Gasteiger partial charge in [-0.05, 0) is 71.3 Å². The van der Waals surface area contributed by atoms with E-state index in [9.17, 15) is 0 Å². The van der Waals surface area contributed by atoms with E-state index in [0.717, 1.165) is 62.4 Å². The van der Waals surface area contributed by atoms with Crippen LogP contribution in [0.4, 0.5) is 11.4 Å². The van der Waals surface area contributed by atoms with Crippen molar-refractivity contribution in [1.82, 2.24) is 0 Å². The third-order valence-corrected chi connectivity index (χ3v) is 11.6. The number of para-hydroxylation sites is 1. The molecule has 0 radical (unpaired) electrons. The van der Waals surface area contributed by atoms with Crippen molar-refractivity contribution in [3.05, 3.63) is 234 Å². The van der Waals surface area contributed by atoms with Crippen LogP contribution in [0.3, 0.4) is 0 Å². The van der Waals surface area contributed by atoms with E-state index in [2.05, 4.69) is 162 Å². The van der Waals surface area contributed by atoms with Gasteiger partial charge in [0.05, 0.1) is 6.54 Å². The Bertz CT molecular complexity index is 2900. The molecule has 58 heavy (non-hydrogen) atoms. The first kappa shape index (κ1) is 36.4. The molecule has 0 atom stereocenters. The first-order valence-electron chi connectivity index (χ1n) is 19.4. The highest BCUT2D eigenvalue weighted by molar-refractivity contribution is 7.26. The number of hydrogen-bond acceptors (Lipinski definition) is 3. The van der Waals surface area contributed by atoms with E-state index < -0.39 is 0 Å². The lowest BCUT2D eigenvalue weighted by Gasteiger charge is -2.28. The minimum atomic E-state index is 0.488. The fourth-order valence-electron chi connectivity index (χ4n) is 7.55. The normalized spacial score (nSPS) is 14.9. The second kappa shape index (κ2) is 16.5. The van der Waals surface area contributed by atoms with Crippen molar-refractivity contribution >= 4 is 66.8 Å². The van der Waals surface area contributed by atoms with Gasteiger partial charge in [0.25, 0.3) is 0 Å². The van der Waals surface area contributed by atoms with Gasteiger partial charge in [0, 0.05) is 53.9 Å². The van der Waals surface area contributed by atoms with Gasteiger partial charge in [-0.25, -0.2) is 9.98 Å². The number of nitrogens with zero attached hydrogens (tertiary/aromatic N) is 4. The van der Waals surface area contributed by atoms with E-state index in [1.54, 1.807) is 0 Å². The van der Waals surface area contributed by atoms with Gasteiger partial charge in [-0.2, -0.15) is 0 Å². The summed E-state index contributed by atoms with van der Waals surface area (Å²) in [6.07, 6.45) is 7.48. The molecule has 0 fully saturated rings. The predicted molar refractivity (Wildman–Crippen MR) is 249 cm³/mol. The number of hydrogen-bond donors (Lipinski definition) is 0. The third kappa shape index (κ3) is 7.51. The van der Waals surface area contributed by atoms with Gasteiger partial charge in [-0.15, -0.1) is 11.3 Å². The molecule has 0 amide bonds. The molecule has 0 saturated heterocycles. The van der Waals surface area contributed by atoms with Crippen LogP contribution >= 0.6 is 11.3 Å². The van der Waals surface area contributed by atoms with Gasteiger partial charge in [-0.3, -0.25) is 4.99 Å². The maximum absolute atomic E-state index is 5.03. The SMILES string of the molecule is C=NC(=NC(=NCc1ccccc1)c1ccc(-c2cc(N3C(=C)/C=C(c4ccccc4)\C=C/Cc4ccccc43)cc3c2sc2ccccc23)cc1)c1ccccc1. The molecule has 278 valence electrons. The van der Waals surface area contributed by atoms with Crippen molar-refractivity contribution in [2.24, 2.45) is 15.0 Å². The molecule has 1 aliphatic rings. The summed E-state index contributed by atoms with van der Waals surface area (Å²) in [6, 6.07) is 61.3. The Kier molecular flexibility index (Phi) is 10.4. The summed E-state index contributed by atoms with van der Waals surface area (Å²) in [4.78, 5) is 16.7. The maximum Gasteiger partial charge on any atom is 0.161 e. The van der Waals surface area contributed by atoms with Gasteiger partial charge in [0.2, 0.25) is 0 Å². The minimum Gasteiger partial charge on any atom is -0.311 e. The highest BCUT2D eigenvalue weighted by atomic mass is 32.1. The van der Waals surface area contributed by atoms with Gasteiger partial charge < -0.3 is 4.90 Å². The smallest absolute Gasteiger partial charge is 0.161 e. The van der Waals surface area contributed by atoms with Crippen LogP contribution in [0, 0.1) is 0 Å². The van der Waals surface area contributed by atoms with Gasteiger partial charge in [0.1, 0.15) is 0 Å². The van der Waals surface area contributed by atoms with Gasteiger partial charge >= 0.3 is 0 Å². The average molecular weight is 765 g/mol. The molecule has 0 aliphatic carbocycles. The highest BCUT2D eigenvalue weighted by Gasteiger charge is 2.21. The molecule has 0 unspecified atom stereocenters. The zero-order chi connectivity index (χ0) is 39.3. The molecule has 8 aromatic rings. The van der Waals surface area contributed by atoms with E-state index in [1.807, 2.05) is 59.9 Å². The van der Waals surface area contributed by atoms with Crippen molar-refractivity contribution < 1.29 is 0 Å². The quantitative estimate of drug-likeness (QED) is 0.118. The van der Waals surface area contributed by atoms with E-state index in [1.165, 1.54) is 25.7 Å². The summed E-state index contributed by atoms with van der Waals surface area (Å²) >= 11 is 1.83. The topological polar surface area (TPSA) is 40.3 Å². The molecule has 1 aliphatic heterocycles. The van der Waals surface area contributed by atoms with Crippen molar-refractivity contribution in [1.29, 1.82) is 0 Å². The molecule has 9 rings (SSSR count). The van der Waals surface area contributed by atoms with E-state index in [-0.39, 0.29) is 0 Å². The van der Waals surface area contributed by atoms with Crippen LogP contribution < -0.4 is 4.90 Å². The summed E-state index contributed by atoms with van der Waals surface area (Å²) in [6.45, 7) is 9.07. The second-order valence-electron chi connectivity index (χ2n) is 14.2. The number of anilines is 2. The zero-order valence-corrected chi connectivity index (χ0v) is 32.8. The van der Waals surface area contributed by atoms with Crippen LogP contribution in [0.25, 0.3) is 36.9 Å². The van der Waals surface area contributed by atoms with Crippen LogP contribution in [0.5, 0.6) is 0 Å². The molecule has 0 bridgehead atoms. The summed E-state index contributed by atoms with van der Waals surface area (Å²) in [5.74, 6) is 1.13. The molecule has 5 heteroatoms. The van der Waals surface area contributed by atoms with E-state index in [4.69, 9.17) is 16.6 Å². The summed E-state index contributed by atoms with van der Waals surface area (Å²) in [5, 5.41) is 2.45.